The van der Waals surface area contributed by atoms with Crippen molar-refractivity contribution in [2.24, 2.45) is 0 Å². The molecule has 0 spiro atoms. The van der Waals surface area contributed by atoms with E-state index in [2.05, 4.69) is 54.0 Å². The number of rotatable bonds is 5. The van der Waals surface area contributed by atoms with Crippen molar-refractivity contribution in [3.8, 4) is 0 Å². The third-order valence-electron chi connectivity index (χ3n) is 2.91. The number of nitrogens with one attached hydrogen (secondary N) is 2. The van der Waals surface area contributed by atoms with Gasteiger partial charge in [-0.15, -0.1) is 0 Å². The number of nitrogens with zero attached hydrogens (tertiary/aromatic N) is 1. The van der Waals surface area contributed by atoms with Crippen molar-refractivity contribution in [3.05, 3.63) is 33.2 Å². The molecule has 18 heavy (non-hydrogen) atoms. The van der Waals surface area contributed by atoms with Crippen LogP contribution in [-0.4, -0.2) is 42.0 Å². The molecule has 0 unspecified atom stereocenters. The standard InChI is InChI=1S/C13H20IN3O/c1-13(2,16-6-7-18)10-4-5-12(11(14)8-15)17(3)9-10/h4-5,8-9,15-16,18H,6-7H2,1-3H3/b12-11+,15-8?. The fourth-order valence-corrected chi connectivity index (χ4v) is 2.33. The number of halogens is 1. The Morgan fingerprint density at radius 2 is 2.22 bits per heavy atom. The molecule has 0 aromatic carbocycles. The van der Waals surface area contributed by atoms with E-state index in [-0.39, 0.29) is 12.1 Å². The van der Waals surface area contributed by atoms with E-state index >= 15 is 0 Å². The van der Waals surface area contributed by atoms with Crippen molar-refractivity contribution in [2.45, 2.75) is 19.4 Å². The van der Waals surface area contributed by atoms with Gasteiger partial charge in [-0.05, 0) is 48.1 Å². The summed E-state index contributed by atoms with van der Waals surface area (Å²) < 4.78 is 0.905. The molecule has 0 fully saturated rings. The van der Waals surface area contributed by atoms with Gasteiger partial charge >= 0.3 is 0 Å². The molecular formula is C13H20IN3O. The Morgan fingerprint density at radius 1 is 1.56 bits per heavy atom. The highest BCUT2D eigenvalue weighted by molar-refractivity contribution is 14.1. The van der Waals surface area contributed by atoms with Gasteiger partial charge in [0.25, 0.3) is 0 Å². The van der Waals surface area contributed by atoms with Crippen molar-refractivity contribution in [2.75, 3.05) is 20.2 Å². The zero-order valence-electron chi connectivity index (χ0n) is 11.0. The minimum Gasteiger partial charge on any atom is -0.395 e. The quantitative estimate of drug-likeness (QED) is 0.519. The Balaban J connectivity index is 2.91. The van der Waals surface area contributed by atoms with Crippen LogP contribution in [0.1, 0.15) is 13.8 Å². The average Bonchev–Trinajstić information content (AvgIpc) is 2.35. The molecule has 1 aliphatic rings. The summed E-state index contributed by atoms with van der Waals surface area (Å²) in [6.45, 7) is 4.88. The molecular weight excluding hydrogens is 341 g/mol. The van der Waals surface area contributed by atoms with Gasteiger partial charge in [0.15, 0.2) is 0 Å². The van der Waals surface area contributed by atoms with Gasteiger partial charge in [-0.25, -0.2) is 0 Å². The number of allylic oxidation sites excluding steroid dienone is 2. The molecule has 0 amide bonds. The summed E-state index contributed by atoms with van der Waals surface area (Å²) in [5, 5.41) is 19.5. The normalized spacial score (nSPS) is 18.7. The van der Waals surface area contributed by atoms with E-state index in [9.17, 15) is 0 Å². The number of likely N-dealkylation sites (N-methyl/N-ethyl adjacent to an activating group) is 1. The zero-order chi connectivity index (χ0) is 13.8. The largest absolute Gasteiger partial charge is 0.395 e. The lowest BCUT2D eigenvalue weighted by molar-refractivity contribution is 0.275. The van der Waals surface area contributed by atoms with E-state index in [0.717, 1.165) is 14.8 Å². The topological polar surface area (TPSA) is 59.4 Å². The molecule has 100 valence electrons. The van der Waals surface area contributed by atoms with Crippen LogP contribution < -0.4 is 5.32 Å². The van der Waals surface area contributed by atoms with Gasteiger partial charge in [-0.2, -0.15) is 0 Å². The highest BCUT2D eigenvalue weighted by Gasteiger charge is 2.23. The van der Waals surface area contributed by atoms with Crippen LogP contribution in [0.2, 0.25) is 0 Å². The minimum absolute atomic E-state index is 0.132. The van der Waals surface area contributed by atoms with Crippen molar-refractivity contribution < 1.29 is 5.11 Å². The maximum Gasteiger partial charge on any atom is 0.0556 e. The van der Waals surface area contributed by atoms with Crippen molar-refractivity contribution in [1.29, 1.82) is 5.41 Å². The Morgan fingerprint density at radius 3 is 2.72 bits per heavy atom. The number of aliphatic hydroxyl groups excluding tert-OH is 1. The van der Waals surface area contributed by atoms with Gasteiger partial charge in [0, 0.05) is 31.5 Å². The van der Waals surface area contributed by atoms with Gasteiger partial charge in [0.1, 0.15) is 0 Å². The van der Waals surface area contributed by atoms with E-state index < -0.39 is 0 Å². The highest BCUT2D eigenvalue weighted by Crippen LogP contribution is 2.26. The summed E-state index contributed by atoms with van der Waals surface area (Å²) in [6.07, 6.45) is 7.49. The van der Waals surface area contributed by atoms with Crippen LogP contribution in [0, 0.1) is 5.41 Å². The van der Waals surface area contributed by atoms with Crippen LogP contribution >= 0.6 is 22.6 Å². The summed E-state index contributed by atoms with van der Waals surface area (Å²) >= 11 is 2.16. The molecule has 0 saturated carbocycles. The van der Waals surface area contributed by atoms with Crippen molar-refractivity contribution in [1.82, 2.24) is 10.2 Å². The summed E-state index contributed by atoms with van der Waals surface area (Å²) in [5.74, 6) is 0. The Labute approximate surface area is 122 Å². The number of β-amino-alcohol motifs (C(OH)–C–C–N with tert-alkyl or cyclic N) is 1. The number of aliphatic hydroxyl groups is 1. The lowest BCUT2D eigenvalue weighted by Gasteiger charge is -2.32. The monoisotopic (exact) mass is 361 g/mol. The Hall–Kier alpha value is -0.660. The maximum atomic E-state index is 8.88. The fourth-order valence-electron chi connectivity index (χ4n) is 1.77. The van der Waals surface area contributed by atoms with Crippen molar-refractivity contribution in [3.63, 3.8) is 0 Å². The van der Waals surface area contributed by atoms with Crippen molar-refractivity contribution >= 4 is 28.8 Å². The molecule has 0 aliphatic carbocycles. The number of hydrogen-bond acceptors (Lipinski definition) is 4. The van der Waals surface area contributed by atoms with Crippen LogP contribution in [0.25, 0.3) is 0 Å². The lowest BCUT2D eigenvalue weighted by atomic mass is 9.92. The van der Waals surface area contributed by atoms with E-state index in [4.69, 9.17) is 10.5 Å². The summed E-state index contributed by atoms with van der Waals surface area (Å²) in [5.41, 5.74) is 1.98. The van der Waals surface area contributed by atoms with Gasteiger partial charge in [0.2, 0.25) is 0 Å². The SMILES string of the molecule is CN1C=C(C(C)(C)NCCO)C=C/C1=C(\I)C=N. The molecule has 3 N–H and O–H groups in total. The zero-order valence-corrected chi connectivity index (χ0v) is 13.2. The first-order chi connectivity index (χ1) is 8.42. The van der Waals surface area contributed by atoms with E-state index in [1.807, 2.05) is 18.0 Å². The molecule has 1 aliphatic heterocycles. The van der Waals surface area contributed by atoms with E-state index in [0.29, 0.717) is 6.54 Å². The van der Waals surface area contributed by atoms with Gasteiger partial charge < -0.3 is 20.7 Å². The lowest BCUT2D eigenvalue weighted by Crippen LogP contribution is -2.43. The van der Waals surface area contributed by atoms with Gasteiger partial charge in [-0.3, -0.25) is 0 Å². The summed E-state index contributed by atoms with van der Waals surface area (Å²) in [7, 11) is 1.98. The second-order valence-electron chi connectivity index (χ2n) is 4.68. The van der Waals surface area contributed by atoms with E-state index in [1.165, 1.54) is 6.21 Å². The predicted octanol–water partition coefficient (Wildman–Crippen LogP) is 2.03. The third-order valence-corrected chi connectivity index (χ3v) is 3.77. The molecule has 4 nitrogen and oxygen atoms in total. The highest BCUT2D eigenvalue weighted by atomic mass is 127. The second-order valence-corrected chi connectivity index (χ2v) is 5.84. The molecule has 0 saturated heterocycles. The van der Waals surface area contributed by atoms with Crippen LogP contribution in [0.4, 0.5) is 0 Å². The summed E-state index contributed by atoms with van der Waals surface area (Å²) in [4.78, 5) is 2.02. The molecule has 0 bridgehead atoms. The molecule has 1 heterocycles. The van der Waals surface area contributed by atoms with Gasteiger partial charge in [-0.1, -0.05) is 6.08 Å². The van der Waals surface area contributed by atoms with Crippen LogP contribution in [0.5, 0.6) is 0 Å². The number of hydrogen-bond donors (Lipinski definition) is 3. The van der Waals surface area contributed by atoms with Crippen LogP contribution in [-0.2, 0) is 0 Å². The Kier molecular flexibility index (Phi) is 5.55. The minimum atomic E-state index is -0.185. The first-order valence-corrected chi connectivity index (χ1v) is 6.89. The van der Waals surface area contributed by atoms with Crippen LogP contribution in [0.3, 0.4) is 0 Å². The van der Waals surface area contributed by atoms with Crippen LogP contribution in [0.15, 0.2) is 33.2 Å². The smallest absolute Gasteiger partial charge is 0.0556 e. The Bertz CT molecular complexity index is 410. The third kappa shape index (κ3) is 3.66. The maximum absolute atomic E-state index is 8.88. The predicted molar refractivity (Wildman–Crippen MR) is 84.0 cm³/mol. The first-order valence-electron chi connectivity index (χ1n) is 5.81. The first kappa shape index (κ1) is 15.4. The molecule has 5 heteroatoms. The molecule has 0 atom stereocenters. The molecule has 1 rings (SSSR count). The average molecular weight is 361 g/mol. The fraction of sp³-hybridized carbons (Fsp3) is 0.462. The molecule has 0 radical (unpaired) electrons. The van der Waals surface area contributed by atoms with Gasteiger partial charge in [0.05, 0.1) is 15.9 Å². The molecule has 0 aromatic rings. The molecule has 0 aromatic heterocycles. The summed E-state index contributed by atoms with van der Waals surface area (Å²) in [6, 6.07) is 0. The van der Waals surface area contributed by atoms with E-state index in [1.54, 1.807) is 0 Å². The second kappa shape index (κ2) is 6.49.